The van der Waals surface area contributed by atoms with E-state index in [1.54, 1.807) is 0 Å². The van der Waals surface area contributed by atoms with Crippen molar-refractivity contribution < 1.29 is 5.11 Å². The zero-order valence-corrected chi connectivity index (χ0v) is 19.0. The fraction of sp³-hybridized carbons (Fsp3) is 0.214. The zero-order chi connectivity index (χ0) is 22.8. The van der Waals surface area contributed by atoms with Crippen LogP contribution < -0.4 is 15.8 Å². The molecule has 0 aromatic heterocycles. The van der Waals surface area contributed by atoms with Gasteiger partial charge in [-0.1, -0.05) is 91.0 Å². The predicted octanol–water partition coefficient (Wildman–Crippen LogP) is 4.48. The van der Waals surface area contributed by atoms with E-state index in [9.17, 15) is 14.7 Å². The van der Waals surface area contributed by atoms with Crippen LogP contribution in [0.4, 0.5) is 5.69 Å². The molecule has 4 nitrogen and oxygen atoms in total. The normalized spacial score (nSPS) is 16.4. The number of rotatable bonds is 7. The van der Waals surface area contributed by atoms with Gasteiger partial charge >= 0.3 is 0 Å². The van der Waals surface area contributed by atoms with Gasteiger partial charge in [-0.25, -0.2) is 0 Å². The van der Waals surface area contributed by atoms with E-state index >= 15 is 0 Å². The Hall–Kier alpha value is -3.15. The minimum absolute atomic E-state index is 0.346. The second kappa shape index (κ2) is 9.00. The average molecular weight is 456 g/mol. The third kappa shape index (κ3) is 3.81. The Balaban J connectivity index is 1.53. The van der Waals surface area contributed by atoms with Crippen LogP contribution in [0.3, 0.4) is 0 Å². The summed E-state index contributed by atoms with van der Waals surface area (Å²) in [6.45, 7) is 0.635. The minimum atomic E-state index is -1.31. The SMILES string of the molecule is O=c1c(SCc2ccccc2)c(N2CCC[C@H]2C(O)(c2ccccc2)c2ccccc2)c1=O. The van der Waals surface area contributed by atoms with Crippen LogP contribution in [0.15, 0.2) is 105 Å². The van der Waals surface area contributed by atoms with Gasteiger partial charge < -0.3 is 10.0 Å². The maximum Gasteiger partial charge on any atom is 0.251 e. The molecule has 0 unspecified atom stereocenters. The highest BCUT2D eigenvalue weighted by molar-refractivity contribution is 7.98. The van der Waals surface area contributed by atoms with Crippen molar-refractivity contribution in [3.05, 3.63) is 128 Å². The van der Waals surface area contributed by atoms with Crippen LogP contribution in [0.25, 0.3) is 0 Å². The molecule has 1 heterocycles. The molecule has 1 atom stereocenters. The largest absolute Gasteiger partial charge is 0.378 e. The zero-order valence-electron chi connectivity index (χ0n) is 18.2. The van der Waals surface area contributed by atoms with Gasteiger partial charge in [0, 0.05) is 12.3 Å². The van der Waals surface area contributed by atoms with Crippen molar-refractivity contribution >= 4 is 17.4 Å². The van der Waals surface area contributed by atoms with Gasteiger partial charge in [-0.15, -0.1) is 11.8 Å². The molecule has 0 amide bonds. The van der Waals surface area contributed by atoms with Crippen molar-refractivity contribution in [2.24, 2.45) is 0 Å². The van der Waals surface area contributed by atoms with Crippen molar-refractivity contribution in [2.75, 3.05) is 11.4 Å². The molecule has 5 rings (SSSR count). The Morgan fingerprint density at radius 2 is 1.36 bits per heavy atom. The van der Waals surface area contributed by atoms with Gasteiger partial charge in [-0.3, -0.25) is 9.59 Å². The molecule has 33 heavy (non-hydrogen) atoms. The first kappa shape index (κ1) is 21.7. The second-order valence-electron chi connectivity index (χ2n) is 8.46. The maximum absolute atomic E-state index is 12.8. The lowest BCUT2D eigenvalue weighted by Crippen LogP contribution is -2.52. The summed E-state index contributed by atoms with van der Waals surface area (Å²) < 4.78 is 0. The standard InChI is InChI=1S/C28H25NO3S/c30-25-24(27(26(25)31)33-19-20-11-4-1-5-12-20)29-18-10-17-23(29)28(32,21-13-6-2-7-14-21)22-15-8-3-9-16-22/h1-9,11-16,23,32H,10,17-19H2/t23-/m0/s1. The van der Waals surface area contributed by atoms with Crippen LogP contribution in [0.1, 0.15) is 29.5 Å². The highest BCUT2D eigenvalue weighted by atomic mass is 32.2. The molecule has 0 saturated carbocycles. The molecule has 5 heteroatoms. The molecule has 0 spiro atoms. The number of thioether (sulfide) groups is 1. The van der Waals surface area contributed by atoms with E-state index in [-0.39, 0.29) is 6.04 Å². The highest BCUT2D eigenvalue weighted by Crippen LogP contribution is 2.43. The van der Waals surface area contributed by atoms with Crippen LogP contribution in [-0.4, -0.2) is 17.7 Å². The summed E-state index contributed by atoms with van der Waals surface area (Å²) in [5.41, 5.74) is 0.967. The molecule has 166 valence electrons. The van der Waals surface area contributed by atoms with Crippen LogP contribution in [0, 0.1) is 0 Å². The van der Waals surface area contributed by atoms with E-state index in [1.165, 1.54) is 11.8 Å². The third-order valence-corrected chi connectivity index (χ3v) is 7.66. The Morgan fingerprint density at radius 3 is 1.94 bits per heavy atom. The number of hydrogen-bond acceptors (Lipinski definition) is 5. The Kier molecular flexibility index (Phi) is 5.92. The molecule has 1 aliphatic rings. The summed E-state index contributed by atoms with van der Waals surface area (Å²) in [6, 6.07) is 28.8. The lowest BCUT2D eigenvalue weighted by molar-refractivity contribution is 0.0528. The summed E-state index contributed by atoms with van der Waals surface area (Å²) in [7, 11) is 0. The first-order valence-corrected chi connectivity index (χ1v) is 12.2. The van der Waals surface area contributed by atoms with Crippen molar-refractivity contribution in [1.29, 1.82) is 0 Å². The summed E-state index contributed by atoms with van der Waals surface area (Å²) in [4.78, 5) is 27.8. The Morgan fingerprint density at radius 1 is 0.818 bits per heavy atom. The first-order chi connectivity index (χ1) is 16.1. The molecule has 0 bridgehead atoms. The number of nitrogens with zero attached hydrogens (tertiary/aromatic N) is 1. The van der Waals surface area contributed by atoms with Gasteiger partial charge in [0.1, 0.15) is 11.3 Å². The van der Waals surface area contributed by atoms with Gasteiger partial charge in [0.05, 0.1) is 10.9 Å². The molecule has 1 saturated heterocycles. The van der Waals surface area contributed by atoms with Crippen molar-refractivity contribution in [2.45, 2.75) is 35.1 Å². The molecule has 1 fully saturated rings. The minimum Gasteiger partial charge on any atom is -0.378 e. The third-order valence-electron chi connectivity index (χ3n) is 6.52. The summed E-state index contributed by atoms with van der Waals surface area (Å²) in [5.74, 6) is 0.624. The fourth-order valence-electron chi connectivity index (χ4n) is 4.89. The van der Waals surface area contributed by atoms with E-state index in [4.69, 9.17) is 0 Å². The van der Waals surface area contributed by atoms with Gasteiger partial charge in [0.2, 0.25) is 5.43 Å². The van der Waals surface area contributed by atoms with Gasteiger partial charge in [-0.05, 0) is 29.5 Å². The van der Waals surface area contributed by atoms with Crippen LogP contribution in [0.5, 0.6) is 0 Å². The smallest absolute Gasteiger partial charge is 0.251 e. The highest BCUT2D eigenvalue weighted by Gasteiger charge is 2.47. The predicted molar refractivity (Wildman–Crippen MR) is 134 cm³/mol. The van der Waals surface area contributed by atoms with Crippen LogP contribution >= 0.6 is 11.8 Å². The van der Waals surface area contributed by atoms with E-state index in [1.807, 2.05) is 95.9 Å². The van der Waals surface area contributed by atoms with Gasteiger partial charge in [0.15, 0.2) is 0 Å². The number of anilines is 1. The number of hydrogen-bond donors (Lipinski definition) is 1. The molecule has 4 aromatic carbocycles. The van der Waals surface area contributed by atoms with E-state index in [0.29, 0.717) is 22.9 Å². The Labute approximate surface area is 197 Å². The van der Waals surface area contributed by atoms with Gasteiger partial charge in [0.25, 0.3) is 5.43 Å². The first-order valence-electron chi connectivity index (χ1n) is 11.2. The fourth-order valence-corrected chi connectivity index (χ4v) is 5.96. The lowest BCUT2D eigenvalue weighted by Gasteiger charge is -2.41. The molecule has 0 radical (unpaired) electrons. The van der Waals surface area contributed by atoms with Crippen LogP contribution in [-0.2, 0) is 11.4 Å². The quantitative estimate of drug-likeness (QED) is 0.329. The molecular formula is C28H25NO3S. The summed E-state index contributed by atoms with van der Waals surface area (Å²) in [6.07, 6.45) is 1.57. The Bertz CT molecular complexity index is 1260. The van der Waals surface area contributed by atoms with E-state index in [0.717, 1.165) is 29.5 Å². The molecule has 1 N–H and O–H groups in total. The molecule has 1 aliphatic heterocycles. The van der Waals surface area contributed by atoms with Gasteiger partial charge in [-0.2, -0.15) is 0 Å². The molecule has 4 aromatic rings. The summed E-state index contributed by atoms with van der Waals surface area (Å²) >= 11 is 1.41. The van der Waals surface area contributed by atoms with Crippen LogP contribution in [0.2, 0.25) is 0 Å². The van der Waals surface area contributed by atoms with Crippen molar-refractivity contribution in [3.63, 3.8) is 0 Å². The van der Waals surface area contributed by atoms with E-state index in [2.05, 4.69) is 0 Å². The van der Waals surface area contributed by atoms with E-state index < -0.39 is 16.5 Å². The topological polar surface area (TPSA) is 57.6 Å². The molecule has 0 aliphatic carbocycles. The summed E-state index contributed by atoms with van der Waals surface area (Å²) in [5, 5.41) is 12.3. The molecular weight excluding hydrogens is 430 g/mol. The second-order valence-corrected chi connectivity index (χ2v) is 9.45. The number of benzene rings is 3. The maximum atomic E-state index is 12.8. The monoisotopic (exact) mass is 455 g/mol. The number of aliphatic hydroxyl groups is 1. The van der Waals surface area contributed by atoms with Crippen molar-refractivity contribution in [1.82, 2.24) is 0 Å². The van der Waals surface area contributed by atoms with Crippen molar-refractivity contribution in [3.8, 4) is 0 Å². The lowest BCUT2D eigenvalue weighted by atomic mass is 9.79. The average Bonchev–Trinajstić information content (AvgIpc) is 3.36.